The molecule has 2 aromatic rings. The van der Waals surface area contributed by atoms with E-state index >= 15 is 0 Å². The zero-order chi connectivity index (χ0) is 14.3. The summed E-state index contributed by atoms with van der Waals surface area (Å²) >= 11 is 1.41. The second kappa shape index (κ2) is 4.86. The monoisotopic (exact) mass is 289 g/mol. The van der Waals surface area contributed by atoms with E-state index in [1.165, 1.54) is 11.8 Å². The van der Waals surface area contributed by atoms with Gasteiger partial charge in [-0.05, 0) is 49.7 Å². The molecule has 0 spiro atoms. The van der Waals surface area contributed by atoms with E-state index in [0.29, 0.717) is 17.3 Å². The smallest absolute Gasteiger partial charge is 0.261 e. The van der Waals surface area contributed by atoms with E-state index in [4.69, 9.17) is 10.2 Å². The first-order chi connectivity index (χ1) is 9.52. The molecule has 0 radical (unpaired) electrons. The topological polar surface area (TPSA) is 81.1 Å². The third-order valence-corrected chi connectivity index (χ3v) is 4.26. The predicted octanol–water partition coefficient (Wildman–Crippen LogP) is 2.91. The number of nitrogen functional groups attached to an aromatic ring is 1. The number of benzene rings is 1. The lowest BCUT2D eigenvalue weighted by atomic mass is 10.0. The third kappa shape index (κ3) is 2.38. The Kier molecular flexibility index (Phi) is 3.17. The number of nitrogens with one attached hydrogen (secondary N) is 1. The molecule has 0 fully saturated rings. The molecule has 0 unspecified atom stereocenters. The molecule has 1 aromatic carbocycles. The van der Waals surface area contributed by atoms with Crippen LogP contribution in [0.25, 0.3) is 0 Å². The van der Waals surface area contributed by atoms with Crippen molar-refractivity contribution in [2.24, 2.45) is 0 Å². The fraction of sp³-hybridized carbons (Fsp3) is 0.286. The lowest BCUT2D eigenvalue weighted by Gasteiger charge is -2.18. The summed E-state index contributed by atoms with van der Waals surface area (Å²) in [6.45, 7) is 3.80. The van der Waals surface area contributed by atoms with Crippen LogP contribution >= 0.6 is 11.8 Å². The second-order valence-electron chi connectivity index (χ2n) is 4.82. The summed E-state index contributed by atoms with van der Waals surface area (Å²) in [6, 6.07) is 3.81. The molecule has 0 bridgehead atoms. The van der Waals surface area contributed by atoms with Crippen molar-refractivity contribution in [2.75, 3.05) is 11.1 Å². The van der Waals surface area contributed by atoms with Crippen LogP contribution in [-0.4, -0.2) is 10.9 Å². The first-order valence-corrected chi connectivity index (χ1v) is 7.18. The van der Waals surface area contributed by atoms with Crippen molar-refractivity contribution in [3.05, 3.63) is 29.2 Å². The van der Waals surface area contributed by atoms with Gasteiger partial charge in [0.05, 0.1) is 5.69 Å². The van der Waals surface area contributed by atoms with Crippen LogP contribution < -0.4 is 11.1 Å². The normalized spacial score (nSPS) is 14.0. The molecule has 1 aliphatic rings. The van der Waals surface area contributed by atoms with Gasteiger partial charge >= 0.3 is 0 Å². The summed E-state index contributed by atoms with van der Waals surface area (Å²) in [7, 11) is 0. The van der Waals surface area contributed by atoms with E-state index < -0.39 is 0 Å². The van der Waals surface area contributed by atoms with Gasteiger partial charge in [-0.15, -0.1) is 0 Å². The summed E-state index contributed by atoms with van der Waals surface area (Å²) in [4.78, 5) is 16.6. The highest BCUT2D eigenvalue weighted by molar-refractivity contribution is 7.99. The molecule has 6 heteroatoms. The first-order valence-electron chi connectivity index (χ1n) is 6.37. The Morgan fingerprint density at radius 1 is 1.35 bits per heavy atom. The molecule has 0 atom stereocenters. The van der Waals surface area contributed by atoms with Crippen LogP contribution in [0.15, 0.2) is 26.7 Å². The molecule has 104 valence electrons. The summed E-state index contributed by atoms with van der Waals surface area (Å²) in [5.41, 5.74) is 9.45. The highest BCUT2D eigenvalue weighted by Crippen LogP contribution is 2.37. The Bertz CT molecular complexity index is 674. The average molecular weight is 289 g/mol. The lowest BCUT2D eigenvalue weighted by Crippen LogP contribution is -2.19. The van der Waals surface area contributed by atoms with E-state index in [-0.39, 0.29) is 5.91 Å². The van der Waals surface area contributed by atoms with Crippen molar-refractivity contribution in [2.45, 2.75) is 36.8 Å². The van der Waals surface area contributed by atoms with Crippen LogP contribution in [0.2, 0.25) is 0 Å². The number of carbonyl (C=O) groups is 1. The predicted molar refractivity (Wildman–Crippen MR) is 77.9 cm³/mol. The Morgan fingerprint density at radius 2 is 2.15 bits per heavy atom. The molecule has 0 saturated heterocycles. The van der Waals surface area contributed by atoms with Gasteiger partial charge in [0.25, 0.3) is 5.22 Å². The Hall–Kier alpha value is -1.95. The van der Waals surface area contributed by atoms with Crippen molar-refractivity contribution in [1.82, 2.24) is 4.98 Å². The van der Waals surface area contributed by atoms with Crippen LogP contribution in [0.1, 0.15) is 23.4 Å². The molecule has 0 saturated carbocycles. The molecule has 3 N–H and O–H groups in total. The number of oxazole rings is 1. The number of hydrogen-bond donors (Lipinski definition) is 2. The highest BCUT2D eigenvalue weighted by Gasteiger charge is 2.18. The van der Waals surface area contributed by atoms with Crippen LogP contribution in [-0.2, 0) is 11.2 Å². The lowest BCUT2D eigenvalue weighted by molar-refractivity contribution is -0.116. The summed E-state index contributed by atoms with van der Waals surface area (Å²) in [5, 5.41) is 3.43. The fourth-order valence-electron chi connectivity index (χ4n) is 2.09. The minimum Gasteiger partial charge on any atom is -0.436 e. The van der Waals surface area contributed by atoms with Crippen LogP contribution in [0.3, 0.4) is 0 Å². The number of rotatable bonds is 2. The largest absolute Gasteiger partial charge is 0.436 e. The summed E-state index contributed by atoms with van der Waals surface area (Å²) in [6.07, 6.45) is 1.25. The maximum Gasteiger partial charge on any atom is 0.261 e. The van der Waals surface area contributed by atoms with Crippen molar-refractivity contribution in [1.29, 1.82) is 0 Å². The number of amides is 1. The molecule has 1 amide bonds. The number of nitrogens with zero attached hydrogens (tertiary/aromatic N) is 1. The maximum atomic E-state index is 11.4. The number of hydrogen-bond acceptors (Lipinski definition) is 5. The Balaban J connectivity index is 1.92. The van der Waals surface area contributed by atoms with Crippen molar-refractivity contribution >= 4 is 29.0 Å². The molecule has 5 nitrogen and oxygen atoms in total. The summed E-state index contributed by atoms with van der Waals surface area (Å²) in [5.74, 6) is 0.854. The van der Waals surface area contributed by atoms with E-state index in [1.54, 1.807) is 6.07 Å². The number of fused-ring (bicyclic) bond motifs is 1. The second-order valence-corrected chi connectivity index (χ2v) is 5.81. The van der Waals surface area contributed by atoms with Crippen molar-refractivity contribution in [3.8, 4) is 0 Å². The van der Waals surface area contributed by atoms with Gasteiger partial charge in [0.2, 0.25) is 5.91 Å². The van der Waals surface area contributed by atoms with Gasteiger partial charge in [-0.25, -0.2) is 4.98 Å². The van der Waals surface area contributed by atoms with Crippen LogP contribution in [0.4, 0.5) is 11.4 Å². The average Bonchev–Trinajstić information content (AvgIpc) is 2.69. The third-order valence-electron chi connectivity index (χ3n) is 3.34. The van der Waals surface area contributed by atoms with Gasteiger partial charge in [0, 0.05) is 22.7 Å². The molecule has 1 aromatic heterocycles. The zero-order valence-electron chi connectivity index (χ0n) is 11.3. The number of aryl methyl sites for hydroxylation is 3. The van der Waals surface area contributed by atoms with Gasteiger partial charge in [-0.3, -0.25) is 4.79 Å². The van der Waals surface area contributed by atoms with Crippen molar-refractivity contribution < 1.29 is 9.21 Å². The standard InChI is InChI=1S/C14H15N3O2S/c1-7-8(2)19-14(16-7)20-12-5-9-3-4-13(18)17-11(9)6-10(12)15/h5-6H,3-4,15H2,1-2H3,(H,17,18). The number of aromatic nitrogens is 1. The zero-order valence-corrected chi connectivity index (χ0v) is 12.1. The van der Waals surface area contributed by atoms with Gasteiger partial charge in [0.1, 0.15) is 5.76 Å². The number of carbonyl (C=O) groups excluding carboxylic acids is 1. The number of nitrogens with two attached hydrogens (primary N) is 1. The SMILES string of the molecule is Cc1nc(Sc2cc3c(cc2N)NC(=O)CC3)oc1C. The van der Waals surface area contributed by atoms with Crippen LogP contribution in [0.5, 0.6) is 0 Å². The number of anilines is 2. The molecule has 1 aliphatic heterocycles. The molecular formula is C14H15N3O2S. The van der Waals surface area contributed by atoms with Gasteiger partial charge in [-0.2, -0.15) is 0 Å². The highest BCUT2D eigenvalue weighted by atomic mass is 32.2. The molecule has 20 heavy (non-hydrogen) atoms. The minimum atomic E-state index is 0.0382. The summed E-state index contributed by atoms with van der Waals surface area (Å²) < 4.78 is 5.56. The molecular weight excluding hydrogens is 274 g/mol. The molecule has 0 aliphatic carbocycles. The minimum absolute atomic E-state index is 0.0382. The first kappa shape index (κ1) is 13.1. The van der Waals surface area contributed by atoms with Gasteiger partial charge < -0.3 is 15.5 Å². The van der Waals surface area contributed by atoms with Gasteiger partial charge in [-0.1, -0.05) is 0 Å². The van der Waals surface area contributed by atoms with E-state index in [2.05, 4.69) is 10.3 Å². The van der Waals surface area contributed by atoms with E-state index in [0.717, 1.165) is 34.0 Å². The quantitative estimate of drug-likeness (QED) is 0.831. The Morgan fingerprint density at radius 3 is 2.85 bits per heavy atom. The van der Waals surface area contributed by atoms with Crippen LogP contribution in [0, 0.1) is 13.8 Å². The van der Waals surface area contributed by atoms with Crippen molar-refractivity contribution in [3.63, 3.8) is 0 Å². The molecule has 2 heterocycles. The maximum absolute atomic E-state index is 11.4. The Labute approximate surface area is 120 Å². The van der Waals surface area contributed by atoms with E-state index in [1.807, 2.05) is 19.9 Å². The van der Waals surface area contributed by atoms with Gasteiger partial charge in [0.15, 0.2) is 0 Å². The fourth-order valence-corrected chi connectivity index (χ4v) is 3.01. The molecule has 3 rings (SSSR count). The van der Waals surface area contributed by atoms with E-state index in [9.17, 15) is 4.79 Å².